The molecule has 0 amide bonds. The Kier molecular flexibility index (Phi) is 4.76. The maximum Gasteiger partial charge on any atom is 0.322 e. The molecule has 0 radical (unpaired) electrons. The smallest absolute Gasteiger partial charge is 0.322 e. The zero-order valence-electron chi connectivity index (χ0n) is 7.40. The number of nitrogens with one attached hydrogen (secondary N) is 1. The van der Waals surface area contributed by atoms with Crippen molar-refractivity contribution in [3.63, 3.8) is 0 Å². The summed E-state index contributed by atoms with van der Waals surface area (Å²) in [5.41, 5.74) is 0. The molecule has 1 saturated heterocycles. The van der Waals surface area contributed by atoms with Crippen molar-refractivity contribution in [2.75, 3.05) is 13.7 Å². The minimum Gasteiger partial charge on any atom is -0.468 e. The number of carbonyl (C=O) groups excluding carboxylic acids is 1. The minimum absolute atomic E-state index is 0. The predicted octanol–water partition coefficient (Wildman–Crippen LogP) is -0.389. The second kappa shape index (κ2) is 4.90. The van der Waals surface area contributed by atoms with Gasteiger partial charge in [-0.15, -0.1) is 16.3 Å². The van der Waals surface area contributed by atoms with Crippen molar-refractivity contribution >= 4 is 28.6 Å². The van der Waals surface area contributed by atoms with Crippen LogP contribution in [0.1, 0.15) is 6.42 Å². The Morgan fingerprint density at radius 1 is 1.57 bits per heavy atom. The third kappa shape index (κ3) is 3.07. The summed E-state index contributed by atoms with van der Waals surface area (Å²) in [6.07, 6.45) is -0.0640. The number of hydrogen-bond acceptors (Lipinski definition) is 5. The van der Waals surface area contributed by atoms with E-state index in [2.05, 4.69) is 10.1 Å². The van der Waals surface area contributed by atoms with Crippen molar-refractivity contribution in [2.45, 2.75) is 17.7 Å². The first-order chi connectivity index (χ1) is 5.95. The van der Waals surface area contributed by atoms with E-state index < -0.39 is 27.5 Å². The molecule has 8 heteroatoms. The van der Waals surface area contributed by atoms with E-state index in [0.717, 1.165) is 0 Å². The van der Waals surface area contributed by atoms with Crippen LogP contribution in [0.25, 0.3) is 0 Å². The van der Waals surface area contributed by atoms with Crippen molar-refractivity contribution in [1.82, 2.24) is 5.32 Å². The normalized spacial score (nSPS) is 26.7. The summed E-state index contributed by atoms with van der Waals surface area (Å²) in [5, 5.41) is 1.44. The Labute approximate surface area is 87.6 Å². The van der Waals surface area contributed by atoms with Gasteiger partial charge < -0.3 is 10.1 Å². The monoisotopic (exact) mass is 247 g/mol. The maximum absolute atomic E-state index is 12.4. The van der Waals surface area contributed by atoms with Crippen LogP contribution in [0.15, 0.2) is 0 Å². The average Bonchev–Trinajstić information content (AvgIpc) is 2.50. The number of esters is 1. The summed E-state index contributed by atoms with van der Waals surface area (Å²) in [5.74, 6) is -0.564. The fourth-order valence-electron chi connectivity index (χ4n) is 1.24. The van der Waals surface area contributed by atoms with Gasteiger partial charge in [0.2, 0.25) is 0 Å². The van der Waals surface area contributed by atoms with Gasteiger partial charge in [0.25, 0.3) is 0 Å². The molecule has 2 atom stereocenters. The SMILES string of the molecule is COC(=O)C1CC(S(=O)(=O)F)CN1.Cl. The first-order valence-corrected chi connectivity index (χ1v) is 5.14. The second-order valence-corrected chi connectivity index (χ2v) is 4.44. The fourth-order valence-corrected chi connectivity index (χ4v) is 1.96. The van der Waals surface area contributed by atoms with E-state index in [1.54, 1.807) is 0 Å². The molecule has 1 aliphatic rings. The first kappa shape index (κ1) is 13.6. The van der Waals surface area contributed by atoms with Crippen molar-refractivity contribution in [3.8, 4) is 0 Å². The van der Waals surface area contributed by atoms with Crippen LogP contribution in [0.4, 0.5) is 3.89 Å². The molecule has 84 valence electrons. The highest BCUT2D eigenvalue weighted by atomic mass is 35.5. The third-order valence-corrected chi connectivity index (χ3v) is 3.13. The quantitative estimate of drug-likeness (QED) is 0.532. The summed E-state index contributed by atoms with van der Waals surface area (Å²) in [7, 11) is -3.35. The molecule has 1 heterocycles. The zero-order valence-corrected chi connectivity index (χ0v) is 9.03. The molecule has 0 aromatic heterocycles. The minimum atomic E-state index is -4.55. The molecular weight excluding hydrogens is 237 g/mol. The average molecular weight is 248 g/mol. The van der Waals surface area contributed by atoms with Gasteiger partial charge in [-0.25, -0.2) is 0 Å². The molecule has 1 fully saturated rings. The predicted molar refractivity (Wildman–Crippen MR) is 49.5 cm³/mol. The highest BCUT2D eigenvalue weighted by Crippen LogP contribution is 2.16. The Morgan fingerprint density at radius 2 is 2.14 bits per heavy atom. The van der Waals surface area contributed by atoms with Gasteiger partial charge >= 0.3 is 16.2 Å². The molecule has 0 aromatic rings. The summed E-state index contributed by atoms with van der Waals surface area (Å²) in [6, 6.07) is -0.708. The lowest BCUT2D eigenvalue weighted by Crippen LogP contribution is -2.31. The van der Waals surface area contributed by atoms with E-state index in [4.69, 9.17) is 0 Å². The van der Waals surface area contributed by atoms with Crippen LogP contribution in [-0.4, -0.2) is 39.3 Å². The van der Waals surface area contributed by atoms with Gasteiger partial charge in [0.15, 0.2) is 0 Å². The van der Waals surface area contributed by atoms with Crippen molar-refractivity contribution < 1.29 is 21.8 Å². The number of rotatable bonds is 2. The standard InChI is InChI=1S/C6H10FNO4S.ClH/c1-12-6(9)5-2-4(3-8-5)13(7,10)11;/h4-5,8H,2-3H2,1H3;1H. The highest BCUT2D eigenvalue weighted by molar-refractivity contribution is 7.87. The van der Waals surface area contributed by atoms with Gasteiger partial charge in [-0.2, -0.15) is 8.42 Å². The summed E-state index contributed by atoms with van der Waals surface area (Å²) in [4.78, 5) is 10.9. The van der Waals surface area contributed by atoms with Gasteiger partial charge in [-0.1, -0.05) is 0 Å². The zero-order chi connectivity index (χ0) is 10.1. The molecular formula is C6H11ClFNO4S. The molecule has 0 aliphatic carbocycles. The Balaban J connectivity index is 0.00000169. The van der Waals surface area contributed by atoms with E-state index in [0.29, 0.717) is 0 Å². The molecule has 2 unspecified atom stereocenters. The molecule has 0 bridgehead atoms. The van der Waals surface area contributed by atoms with E-state index in [-0.39, 0.29) is 25.4 Å². The number of carbonyl (C=O) groups is 1. The van der Waals surface area contributed by atoms with Gasteiger partial charge in [-0.3, -0.25) is 4.79 Å². The number of ether oxygens (including phenoxy) is 1. The summed E-state index contributed by atoms with van der Waals surface area (Å²) in [6.45, 7) is -0.0431. The second-order valence-electron chi connectivity index (χ2n) is 2.82. The van der Waals surface area contributed by atoms with Crippen LogP contribution in [0.5, 0.6) is 0 Å². The Bertz CT molecular complexity index is 307. The van der Waals surface area contributed by atoms with E-state index in [1.165, 1.54) is 7.11 Å². The number of halogens is 2. The van der Waals surface area contributed by atoms with Gasteiger partial charge in [-0.05, 0) is 6.42 Å². The molecule has 1 N–H and O–H groups in total. The van der Waals surface area contributed by atoms with Gasteiger partial charge in [0, 0.05) is 6.54 Å². The van der Waals surface area contributed by atoms with Crippen LogP contribution in [0.2, 0.25) is 0 Å². The Morgan fingerprint density at radius 3 is 2.50 bits per heavy atom. The van der Waals surface area contributed by atoms with Crippen LogP contribution >= 0.6 is 12.4 Å². The lowest BCUT2D eigenvalue weighted by atomic mass is 10.2. The molecule has 0 aromatic carbocycles. The maximum atomic E-state index is 12.4. The van der Waals surface area contributed by atoms with Crippen LogP contribution in [-0.2, 0) is 19.8 Å². The van der Waals surface area contributed by atoms with E-state index in [9.17, 15) is 17.1 Å². The van der Waals surface area contributed by atoms with Gasteiger partial charge in [0.1, 0.15) is 11.3 Å². The summed E-state index contributed by atoms with van der Waals surface area (Å²) < 4.78 is 37.7. The van der Waals surface area contributed by atoms with Crippen molar-refractivity contribution in [2.24, 2.45) is 0 Å². The molecule has 1 rings (SSSR count). The van der Waals surface area contributed by atoms with Crippen LogP contribution in [0, 0.1) is 0 Å². The molecule has 5 nitrogen and oxygen atoms in total. The van der Waals surface area contributed by atoms with Crippen LogP contribution < -0.4 is 5.32 Å². The highest BCUT2D eigenvalue weighted by Gasteiger charge is 2.37. The molecule has 0 saturated carbocycles. The lowest BCUT2D eigenvalue weighted by molar-refractivity contribution is -0.142. The van der Waals surface area contributed by atoms with Crippen LogP contribution in [0.3, 0.4) is 0 Å². The Hall–Kier alpha value is -0.400. The topological polar surface area (TPSA) is 72.5 Å². The number of methoxy groups -OCH3 is 1. The number of hydrogen-bond donors (Lipinski definition) is 1. The summed E-state index contributed by atoms with van der Waals surface area (Å²) >= 11 is 0. The fraction of sp³-hybridized carbons (Fsp3) is 0.833. The van der Waals surface area contributed by atoms with E-state index >= 15 is 0 Å². The van der Waals surface area contributed by atoms with E-state index in [1.807, 2.05) is 0 Å². The third-order valence-electron chi connectivity index (χ3n) is 1.97. The van der Waals surface area contributed by atoms with Gasteiger partial charge in [0.05, 0.1) is 7.11 Å². The first-order valence-electron chi connectivity index (χ1n) is 3.70. The largest absolute Gasteiger partial charge is 0.468 e. The van der Waals surface area contributed by atoms with Crippen molar-refractivity contribution in [3.05, 3.63) is 0 Å². The molecule has 1 aliphatic heterocycles. The van der Waals surface area contributed by atoms with Crippen molar-refractivity contribution in [1.29, 1.82) is 0 Å². The molecule has 0 spiro atoms. The molecule has 14 heavy (non-hydrogen) atoms. The lowest BCUT2D eigenvalue weighted by Gasteiger charge is -2.05.